The maximum atomic E-state index is 13.6. The summed E-state index contributed by atoms with van der Waals surface area (Å²) in [5, 5.41) is 3.09. The molecule has 246 valence electrons. The van der Waals surface area contributed by atoms with Crippen molar-refractivity contribution in [1.29, 1.82) is 0 Å². The van der Waals surface area contributed by atoms with Crippen LogP contribution in [0.1, 0.15) is 81.9 Å². The summed E-state index contributed by atoms with van der Waals surface area (Å²) in [5.41, 5.74) is 5.59. The Kier molecular flexibility index (Phi) is 13.7. The monoisotopic (exact) mass is 635 g/mol. The first-order chi connectivity index (χ1) is 21.4. The number of anilines is 2. The second-order valence-corrected chi connectivity index (χ2v) is 11.1. The predicted octanol–water partition coefficient (Wildman–Crippen LogP) is 9.69. The number of aromatic nitrogens is 1. The van der Waals surface area contributed by atoms with Crippen LogP contribution in [0.25, 0.3) is 11.3 Å². The summed E-state index contributed by atoms with van der Waals surface area (Å²) in [6, 6.07) is 11.2. The van der Waals surface area contributed by atoms with Crippen molar-refractivity contribution in [3.63, 3.8) is 0 Å². The molecule has 11 heteroatoms. The van der Waals surface area contributed by atoms with Crippen LogP contribution in [0.2, 0.25) is 0 Å². The molecule has 0 aliphatic rings. The topological polar surface area (TPSA) is 66.5 Å². The van der Waals surface area contributed by atoms with E-state index in [0.29, 0.717) is 30.2 Å². The van der Waals surface area contributed by atoms with Gasteiger partial charge in [-0.3, -0.25) is 9.98 Å². The second kappa shape index (κ2) is 17.2. The molecule has 0 aliphatic carbocycles. The van der Waals surface area contributed by atoms with Crippen molar-refractivity contribution in [2.45, 2.75) is 77.6 Å². The van der Waals surface area contributed by atoms with Gasteiger partial charge in [-0.05, 0) is 74.5 Å². The summed E-state index contributed by atoms with van der Waals surface area (Å²) in [6.45, 7) is 7.32. The van der Waals surface area contributed by atoms with Gasteiger partial charge in [0.05, 0.1) is 23.4 Å². The standard InChI is InChI=1S/C34H43F6N5/c1-3-5-7-9-21-45(22-10-8-6-4-2)23-20-43-32(44-27-16-14-26(15-17-27)33(35,36)37)28-18-13-25(24-30(28)41)31-29(34(38,39)40)12-11-19-42-31/h11-19,24H,3-10,20-23,41H2,1-2H3,(H,43,44). The summed E-state index contributed by atoms with van der Waals surface area (Å²) >= 11 is 0. The summed E-state index contributed by atoms with van der Waals surface area (Å²) in [6.07, 6.45) is 1.35. The van der Waals surface area contributed by atoms with Crippen LogP contribution < -0.4 is 11.1 Å². The lowest BCUT2D eigenvalue weighted by atomic mass is 10.0. The van der Waals surface area contributed by atoms with Gasteiger partial charge in [0.25, 0.3) is 0 Å². The number of nitrogens with one attached hydrogen (secondary N) is 1. The lowest BCUT2D eigenvalue weighted by Crippen LogP contribution is -2.29. The highest BCUT2D eigenvalue weighted by atomic mass is 19.4. The molecular weight excluding hydrogens is 592 g/mol. The van der Waals surface area contributed by atoms with Crippen molar-refractivity contribution in [2.24, 2.45) is 4.99 Å². The number of rotatable bonds is 16. The lowest BCUT2D eigenvalue weighted by Gasteiger charge is -2.22. The predicted molar refractivity (Wildman–Crippen MR) is 170 cm³/mol. The molecule has 45 heavy (non-hydrogen) atoms. The number of halogens is 6. The molecule has 1 heterocycles. The Balaban J connectivity index is 1.90. The van der Waals surface area contributed by atoms with E-state index in [1.807, 2.05) is 0 Å². The second-order valence-electron chi connectivity index (χ2n) is 11.1. The Morgan fingerprint density at radius 2 is 1.44 bits per heavy atom. The van der Waals surface area contributed by atoms with Crippen molar-refractivity contribution in [2.75, 3.05) is 37.2 Å². The van der Waals surface area contributed by atoms with Crippen molar-refractivity contribution < 1.29 is 26.3 Å². The van der Waals surface area contributed by atoms with Gasteiger partial charge in [-0.2, -0.15) is 26.3 Å². The molecule has 1 aromatic heterocycles. The fourth-order valence-corrected chi connectivity index (χ4v) is 5.02. The Labute approximate surface area is 262 Å². The number of unbranched alkanes of at least 4 members (excludes halogenated alkanes) is 6. The zero-order valence-corrected chi connectivity index (χ0v) is 25.9. The number of benzene rings is 2. The molecule has 2 aromatic carbocycles. The minimum Gasteiger partial charge on any atom is -0.398 e. The van der Waals surface area contributed by atoms with Crippen LogP contribution in [0.5, 0.6) is 0 Å². The van der Waals surface area contributed by atoms with Gasteiger partial charge in [0.15, 0.2) is 0 Å². The van der Waals surface area contributed by atoms with E-state index in [9.17, 15) is 26.3 Å². The third-order valence-corrected chi connectivity index (χ3v) is 7.51. The molecule has 0 amide bonds. The maximum Gasteiger partial charge on any atom is 0.418 e. The zero-order valence-electron chi connectivity index (χ0n) is 25.9. The first-order valence-electron chi connectivity index (χ1n) is 15.6. The Morgan fingerprint density at radius 3 is 2.00 bits per heavy atom. The third kappa shape index (κ3) is 11.4. The number of nitrogens with zero attached hydrogens (tertiary/aromatic N) is 3. The summed E-state index contributed by atoms with van der Waals surface area (Å²) in [7, 11) is 0. The van der Waals surface area contributed by atoms with Crippen LogP contribution in [0.15, 0.2) is 65.8 Å². The lowest BCUT2D eigenvalue weighted by molar-refractivity contribution is -0.138. The molecule has 3 N–H and O–H groups in total. The highest BCUT2D eigenvalue weighted by molar-refractivity contribution is 6.11. The molecule has 5 nitrogen and oxygen atoms in total. The van der Waals surface area contributed by atoms with Gasteiger partial charge in [0, 0.05) is 35.2 Å². The summed E-state index contributed by atoms with van der Waals surface area (Å²) < 4.78 is 80.4. The van der Waals surface area contributed by atoms with Gasteiger partial charge in [-0.15, -0.1) is 0 Å². The number of aliphatic imine (C=N–C) groups is 1. The van der Waals surface area contributed by atoms with E-state index in [1.54, 1.807) is 6.07 Å². The quantitative estimate of drug-likeness (QED) is 0.0541. The molecular formula is C34H43F6N5. The molecule has 0 radical (unpaired) electrons. The third-order valence-electron chi connectivity index (χ3n) is 7.51. The van der Waals surface area contributed by atoms with Gasteiger partial charge in [0.2, 0.25) is 0 Å². The number of amidine groups is 1. The van der Waals surface area contributed by atoms with Crippen molar-refractivity contribution in [1.82, 2.24) is 9.88 Å². The molecule has 0 saturated heterocycles. The molecule has 0 saturated carbocycles. The van der Waals surface area contributed by atoms with E-state index in [1.165, 1.54) is 49.4 Å². The largest absolute Gasteiger partial charge is 0.418 e. The van der Waals surface area contributed by atoms with E-state index < -0.39 is 23.5 Å². The molecule has 0 aliphatic heterocycles. The fourth-order valence-electron chi connectivity index (χ4n) is 5.02. The van der Waals surface area contributed by atoms with Crippen LogP contribution >= 0.6 is 0 Å². The van der Waals surface area contributed by atoms with Gasteiger partial charge in [-0.1, -0.05) is 58.4 Å². The van der Waals surface area contributed by atoms with Crippen molar-refractivity contribution in [3.05, 3.63) is 77.5 Å². The molecule has 0 unspecified atom stereocenters. The smallest absolute Gasteiger partial charge is 0.398 e. The highest BCUT2D eigenvalue weighted by Gasteiger charge is 2.34. The van der Waals surface area contributed by atoms with Crippen molar-refractivity contribution >= 4 is 17.2 Å². The average molecular weight is 636 g/mol. The van der Waals surface area contributed by atoms with E-state index in [4.69, 9.17) is 10.7 Å². The first kappa shape index (κ1) is 35.9. The van der Waals surface area contributed by atoms with Gasteiger partial charge in [0.1, 0.15) is 5.84 Å². The minimum absolute atomic E-state index is 0.153. The molecule has 3 aromatic rings. The Bertz CT molecular complexity index is 1340. The van der Waals surface area contributed by atoms with Crippen molar-refractivity contribution in [3.8, 4) is 11.3 Å². The van der Waals surface area contributed by atoms with E-state index in [0.717, 1.165) is 69.8 Å². The number of hydrogen-bond donors (Lipinski definition) is 2. The first-order valence-corrected chi connectivity index (χ1v) is 15.6. The highest BCUT2D eigenvalue weighted by Crippen LogP contribution is 2.36. The number of hydrogen-bond acceptors (Lipinski definition) is 4. The maximum absolute atomic E-state index is 13.6. The van der Waals surface area contributed by atoms with E-state index in [2.05, 4.69) is 29.0 Å². The SMILES string of the molecule is CCCCCCN(CCCCCC)CCN=C(Nc1ccc(C(F)(F)F)cc1)c1ccc(-c2ncccc2C(F)(F)F)cc1N. The fraction of sp³-hybridized carbons (Fsp3) is 0.471. The molecule has 3 rings (SSSR count). The minimum atomic E-state index is -4.60. The molecule has 0 bridgehead atoms. The Morgan fingerprint density at radius 1 is 0.800 bits per heavy atom. The summed E-state index contributed by atoms with van der Waals surface area (Å²) in [5.74, 6) is 0.313. The van der Waals surface area contributed by atoms with E-state index in [-0.39, 0.29) is 16.9 Å². The van der Waals surface area contributed by atoms with Gasteiger partial charge >= 0.3 is 12.4 Å². The van der Waals surface area contributed by atoms with Crippen LogP contribution in [0.4, 0.5) is 37.7 Å². The number of pyridine rings is 1. The number of nitrogen functional groups attached to an aromatic ring is 1. The Hall–Kier alpha value is -3.60. The van der Waals surface area contributed by atoms with E-state index >= 15 is 0 Å². The zero-order chi connectivity index (χ0) is 32.9. The van der Waals surface area contributed by atoms with Gasteiger partial charge in [-0.25, -0.2) is 0 Å². The number of alkyl halides is 6. The van der Waals surface area contributed by atoms with Crippen LogP contribution in [0.3, 0.4) is 0 Å². The van der Waals surface area contributed by atoms with Gasteiger partial charge < -0.3 is 16.0 Å². The van der Waals surface area contributed by atoms with Crippen LogP contribution in [0, 0.1) is 0 Å². The summed E-state index contributed by atoms with van der Waals surface area (Å²) in [4.78, 5) is 11.1. The molecule has 0 spiro atoms. The molecule has 0 fully saturated rings. The van der Waals surface area contributed by atoms with Crippen LogP contribution in [-0.2, 0) is 12.4 Å². The normalized spacial score (nSPS) is 12.6. The van der Waals surface area contributed by atoms with Crippen LogP contribution in [-0.4, -0.2) is 41.9 Å². The molecule has 0 atom stereocenters. The average Bonchev–Trinajstić information content (AvgIpc) is 3.00. The number of nitrogens with two attached hydrogens (primary N) is 1.